The Kier molecular flexibility index (Phi) is 7.90. The third-order valence-electron chi connectivity index (χ3n) is 1.28. The van der Waals surface area contributed by atoms with E-state index in [1.54, 1.807) is 0 Å². The van der Waals surface area contributed by atoms with E-state index in [0.717, 1.165) is 12.8 Å². The molecule has 0 fully saturated rings. The number of rotatable bonds is 6. The summed E-state index contributed by atoms with van der Waals surface area (Å²) >= 11 is 5.45. The second-order valence-corrected chi connectivity index (χ2v) is 3.58. The Hall–Kier alpha value is -0.440. The van der Waals surface area contributed by atoms with Gasteiger partial charge in [0.15, 0.2) is 0 Å². The Labute approximate surface area is 84.4 Å². The molecule has 0 heterocycles. The minimum Gasteiger partial charge on any atom is -0.434 e. The van der Waals surface area contributed by atoms with E-state index in [1.807, 2.05) is 13.8 Å². The van der Waals surface area contributed by atoms with Gasteiger partial charge in [-0.3, -0.25) is 0 Å². The standard InChI is InChI=1S/C9H17ClO3/c1-8(2)7-13-9(11)12-6-4-3-5-10/h8H,3-7H2,1-2H3. The van der Waals surface area contributed by atoms with E-state index in [1.165, 1.54) is 0 Å². The number of unbranched alkanes of at least 4 members (excludes halogenated alkanes) is 1. The lowest BCUT2D eigenvalue weighted by atomic mass is 10.2. The van der Waals surface area contributed by atoms with Crippen LogP contribution in [0.25, 0.3) is 0 Å². The zero-order chi connectivity index (χ0) is 10.1. The number of halogens is 1. The van der Waals surface area contributed by atoms with Crippen LogP contribution in [-0.4, -0.2) is 25.2 Å². The van der Waals surface area contributed by atoms with Crippen molar-refractivity contribution in [3.8, 4) is 0 Å². The van der Waals surface area contributed by atoms with Gasteiger partial charge >= 0.3 is 6.16 Å². The van der Waals surface area contributed by atoms with E-state index < -0.39 is 6.16 Å². The lowest BCUT2D eigenvalue weighted by Gasteiger charge is -2.07. The molecule has 0 aromatic rings. The molecule has 78 valence electrons. The lowest BCUT2D eigenvalue weighted by Crippen LogP contribution is -2.12. The molecule has 0 spiro atoms. The predicted octanol–water partition coefficient (Wildman–Crippen LogP) is 2.81. The van der Waals surface area contributed by atoms with Gasteiger partial charge in [0.25, 0.3) is 0 Å². The van der Waals surface area contributed by atoms with Crippen LogP contribution in [0.3, 0.4) is 0 Å². The van der Waals surface area contributed by atoms with Crippen molar-refractivity contribution in [1.82, 2.24) is 0 Å². The lowest BCUT2D eigenvalue weighted by molar-refractivity contribution is 0.0468. The number of alkyl halides is 1. The summed E-state index contributed by atoms with van der Waals surface area (Å²) in [6, 6.07) is 0. The highest BCUT2D eigenvalue weighted by atomic mass is 35.5. The SMILES string of the molecule is CC(C)COC(=O)OCCCCCl. The number of hydrogen-bond acceptors (Lipinski definition) is 3. The van der Waals surface area contributed by atoms with Crippen molar-refractivity contribution in [2.24, 2.45) is 5.92 Å². The second-order valence-electron chi connectivity index (χ2n) is 3.20. The van der Waals surface area contributed by atoms with Gasteiger partial charge in [-0.1, -0.05) is 13.8 Å². The number of carbonyl (C=O) groups excluding carboxylic acids is 1. The molecule has 0 aliphatic carbocycles. The molecule has 13 heavy (non-hydrogen) atoms. The largest absolute Gasteiger partial charge is 0.508 e. The van der Waals surface area contributed by atoms with Crippen LogP contribution in [-0.2, 0) is 9.47 Å². The molecular weight excluding hydrogens is 192 g/mol. The average molecular weight is 209 g/mol. The fourth-order valence-electron chi connectivity index (χ4n) is 0.628. The van der Waals surface area contributed by atoms with Gasteiger partial charge in [-0.15, -0.1) is 11.6 Å². The summed E-state index contributed by atoms with van der Waals surface area (Å²) in [5.74, 6) is 0.945. The monoisotopic (exact) mass is 208 g/mol. The molecule has 0 radical (unpaired) electrons. The Morgan fingerprint density at radius 2 is 2.00 bits per heavy atom. The van der Waals surface area contributed by atoms with Crippen LogP contribution >= 0.6 is 11.6 Å². The van der Waals surface area contributed by atoms with Gasteiger partial charge in [0.05, 0.1) is 13.2 Å². The molecule has 0 atom stereocenters. The van der Waals surface area contributed by atoms with Gasteiger partial charge in [0.2, 0.25) is 0 Å². The summed E-state index contributed by atoms with van der Waals surface area (Å²) in [5.41, 5.74) is 0. The van der Waals surface area contributed by atoms with E-state index in [-0.39, 0.29) is 0 Å². The smallest absolute Gasteiger partial charge is 0.434 e. The first-order valence-electron chi connectivity index (χ1n) is 4.52. The molecule has 0 amide bonds. The normalized spacial score (nSPS) is 10.2. The van der Waals surface area contributed by atoms with E-state index in [0.29, 0.717) is 25.0 Å². The maximum Gasteiger partial charge on any atom is 0.508 e. The highest BCUT2D eigenvalue weighted by Gasteiger charge is 2.04. The van der Waals surface area contributed by atoms with Crippen LogP contribution in [0.15, 0.2) is 0 Å². The van der Waals surface area contributed by atoms with E-state index in [4.69, 9.17) is 21.1 Å². The third kappa shape index (κ3) is 9.47. The van der Waals surface area contributed by atoms with Crippen molar-refractivity contribution >= 4 is 17.8 Å². The summed E-state index contributed by atoms with van der Waals surface area (Å²) in [6.45, 7) is 4.75. The van der Waals surface area contributed by atoms with Crippen LogP contribution in [0.1, 0.15) is 26.7 Å². The number of hydrogen-bond donors (Lipinski definition) is 0. The van der Waals surface area contributed by atoms with Gasteiger partial charge in [-0.25, -0.2) is 4.79 Å². The summed E-state index contributed by atoms with van der Waals surface area (Å²) in [6.07, 6.45) is 1.07. The first-order chi connectivity index (χ1) is 6.16. The van der Waals surface area contributed by atoms with E-state index in [2.05, 4.69) is 0 Å². The first kappa shape index (κ1) is 12.6. The Morgan fingerprint density at radius 3 is 2.54 bits per heavy atom. The molecule has 0 N–H and O–H groups in total. The quantitative estimate of drug-likeness (QED) is 0.383. The molecule has 0 aromatic heterocycles. The highest BCUT2D eigenvalue weighted by molar-refractivity contribution is 6.17. The molecule has 0 rings (SSSR count). The molecular formula is C9H17ClO3. The van der Waals surface area contributed by atoms with Crippen molar-refractivity contribution in [2.45, 2.75) is 26.7 Å². The second kappa shape index (κ2) is 8.17. The topological polar surface area (TPSA) is 35.5 Å². The molecule has 0 aliphatic rings. The van der Waals surface area contributed by atoms with Gasteiger partial charge in [-0.2, -0.15) is 0 Å². The maximum absolute atomic E-state index is 10.8. The van der Waals surface area contributed by atoms with Crippen LogP contribution in [0, 0.1) is 5.92 Å². The van der Waals surface area contributed by atoms with Crippen LogP contribution < -0.4 is 0 Å². The number of ether oxygens (including phenoxy) is 2. The summed E-state index contributed by atoms with van der Waals surface area (Å²) in [4.78, 5) is 10.8. The van der Waals surface area contributed by atoms with Gasteiger partial charge in [0.1, 0.15) is 0 Å². The molecule has 0 aromatic carbocycles. The Morgan fingerprint density at radius 1 is 1.31 bits per heavy atom. The van der Waals surface area contributed by atoms with Gasteiger partial charge < -0.3 is 9.47 Å². The fourth-order valence-corrected chi connectivity index (χ4v) is 0.817. The van der Waals surface area contributed by atoms with Crippen LogP contribution in [0.4, 0.5) is 4.79 Å². The van der Waals surface area contributed by atoms with Crippen molar-refractivity contribution in [3.63, 3.8) is 0 Å². The van der Waals surface area contributed by atoms with Crippen LogP contribution in [0.5, 0.6) is 0 Å². The van der Waals surface area contributed by atoms with Gasteiger partial charge in [-0.05, 0) is 18.8 Å². The fraction of sp³-hybridized carbons (Fsp3) is 0.889. The van der Waals surface area contributed by atoms with E-state index in [9.17, 15) is 4.79 Å². The highest BCUT2D eigenvalue weighted by Crippen LogP contribution is 1.97. The average Bonchev–Trinajstić information content (AvgIpc) is 2.09. The maximum atomic E-state index is 10.8. The predicted molar refractivity (Wildman–Crippen MR) is 52.1 cm³/mol. The zero-order valence-electron chi connectivity index (χ0n) is 8.22. The molecule has 0 saturated heterocycles. The first-order valence-corrected chi connectivity index (χ1v) is 5.05. The zero-order valence-corrected chi connectivity index (χ0v) is 8.97. The van der Waals surface area contributed by atoms with Gasteiger partial charge in [0, 0.05) is 5.88 Å². The minimum atomic E-state index is -0.580. The molecule has 0 aliphatic heterocycles. The summed E-state index contributed by atoms with van der Waals surface area (Å²) in [5, 5.41) is 0. The molecule has 0 unspecified atom stereocenters. The van der Waals surface area contributed by atoms with Crippen molar-refractivity contribution in [2.75, 3.05) is 19.1 Å². The summed E-state index contributed by atoms with van der Waals surface area (Å²) < 4.78 is 9.56. The molecule has 0 saturated carbocycles. The van der Waals surface area contributed by atoms with Crippen LogP contribution in [0.2, 0.25) is 0 Å². The van der Waals surface area contributed by atoms with Crippen molar-refractivity contribution in [1.29, 1.82) is 0 Å². The molecule has 4 heteroatoms. The van der Waals surface area contributed by atoms with E-state index >= 15 is 0 Å². The third-order valence-corrected chi connectivity index (χ3v) is 1.55. The minimum absolute atomic E-state index is 0.343. The van der Waals surface area contributed by atoms with Crippen molar-refractivity contribution in [3.05, 3.63) is 0 Å². The molecule has 3 nitrogen and oxygen atoms in total. The number of carbonyl (C=O) groups is 1. The Bertz CT molecular complexity index is 137. The Balaban J connectivity index is 3.20. The molecule has 0 bridgehead atoms. The van der Waals surface area contributed by atoms with Crippen molar-refractivity contribution < 1.29 is 14.3 Å². The summed E-state index contributed by atoms with van der Waals surface area (Å²) in [7, 11) is 0.